The van der Waals surface area contributed by atoms with Crippen molar-refractivity contribution in [2.45, 2.75) is 20.4 Å². The van der Waals surface area contributed by atoms with Crippen LogP contribution in [0.15, 0.2) is 60.8 Å². The number of sulfonamides is 1. The molecule has 0 fully saturated rings. The topological polar surface area (TPSA) is 94.5 Å². The Labute approximate surface area is 204 Å². The number of rotatable bonds is 9. The molecule has 7 nitrogen and oxygen atoms in total. The third-order valence-electron chi connectivity index (χ3n) is 5.11. The molecule has 1 amide bonds. The minimum absolute atomic E-state index is 0.125. The second-order valence-corrected chi connectivity index (χ2v) is 10.0. The van der Waals surface area contributed by atoms with Crippen LogP contribution in [0.2, 0.25) is 5.02 Å². The van der Waals surface area contributed by atoms with Crippen molar-refractivity contribution in [1.29, 1.82) is 0 Å². The van der Waals surface area contributed by atoms with Crippen LogP contribution in [0.5, 0.6) is 5.75 Å². The van der Waals surface area contributed by atoms with E-state index >= 15 is 0 Å². The van der Waals surface area contributed by atoms with Crippen molar-refractivity contribution in [3.05, 3.63) is 93.8 Å². The normalized spacial score (nSPS) is 11.5. The molecule has 1 N–H and O–H groups in total. The van der Waals surface area contributed by atoms with Crippen molar-refractivity contribution in [1.82, 2.24) is 9.29 Å². The Hall–Kier alpha value is -3.36. The Morgan fingerprint density at radius 1 is 1.12 bits per heavy atom. The van der Waals surface area contributed by atoms with Crippen LogP contribution in [0, 0.1) is 6.92 Å². The van der Waals surface area contributed by atoms with Gasteiger partial charge in [-0.05, 0) is 67.4 Å². The summed E-state index contributed by atoms with van der Waals surface area (Å²) in [5.74, 6) is -0.431. The van der Waals surface area contributed by atoms with E-state index in [0.29, 0.717) is 34.1 Å². The lowest BCUT2D eigenvalue weighted by Crippen LogP contribution is -2.32. The molecule has 0 unspecified atom stereocenters. The molecule has 3 aromatic rings. The number of amides is 1. The van der Waals surface area contributed by atoms with Gasteiger partial charge in [0.15, 0.2) is 0 Å². The number of nitrogens with one attached hydrogen (secondary N) is 1. The Morgan fingerprint density at radius 3 is 2.47 bits per heavy atom. The fraction of sp³-hybridized carbons (Fsp3) is 0.200. The van der Waals surface area contributed by atoms with Crippen LogP contribution in [0.25, 0.3) is 6.08 Å². The van der Waals surface area contributed by atoms with Gasteiger partial charge >= 0.3 is 0 Å². The van der Waals surface area contributed by atoms with E-state index < -0.39 is 15.9 Å². The van der Waals surface area contributed by atoms with E-state index in [1.54, 1.807) is 55.7 Å². The standard InChI is InChI=1S/C25H25ClN2O5S/c1-4-34(31,32)27-25(30)22-15-20(26)10-7-18(22)6-5-13-28-16-17(2)14-23(28)24(29)19-8-11-21(33-3)12-9-19/h5-12,14-16H,4,13H2,1-3H3,(H,27,30)/b6-5+. The van der Waals surface area contributed by atoms with Crippen molar-refractivity contribution < 1.29 is 22.7 Å². The number of ketones is 1. The fourth-order valence-corrected chi connectivity index (χ4v) is 4.03. The number of ether oxygens (including phenoxy) is 1. The molecule has 3 rings (SSSR count). The zero-order chi connectivity index (χ0) is 24.9. The molecule has 178 valence electrons. The lowest BCUT2D eigenvalue weighted by Gasteiger charge is -2.09. The van der Waals surface area contributed by atoms with E-state index in [0.717, 1.165) is 5.56 Å². The first-order valence-electron chi connectivity index (χ1n) is 10.5. The molecule has 0 saturated heterocycles. The number of carbonyl (C=O) groups is 2. The highest BCUT2D eigenvalue weighted by Gasteiger charge is 2.17. The van der Waals surface area contributed by atoms with Crippen LogP contribution >= 0.6 is 11.6 Å². The van der Waals surface area contributed by atoms with Gasteiger partial charge in [0, 0.05) is 28.9 Å². The van der Waals surface area contributed by atoms with Gasteiger partial charge in [-0.1, -0.05) is 29.8 Å². The maximum absolute atomic E-state index is 13.0. The molecule has 1 aromatic heterocycles. The molecule has 0 spiro atoms. The maximum Gasteiger partial charge on any atom is 0.265 e. The van der Waals surface area contributed by atoms with Gasteiger partial charge in [0.1, 0.15) is 5.75 Å². The van der Waals surface area contributed by atoms with Gasteiger partial charge in [-0.2, -0.15) is 0 Å². The summed E-state index contributed by atoms with van der Waals surface area (Å²) in [5.41, 5.74) is 2.63. The van der Waals surface area contributed by atoms with E-state index in [1.807, 2.05) is 28.5 Å². The number of hydrogen-bond donors (Lipinski definition) is 1. The Bertz CT molecular complexity index is 1340. The number of methoxy groups -OCH3 is 1. The zero-order valence-corrected chi connectivity index (χ0v) is 20.6. The molecule has 0 bridgehead atoms. The molecular weight excluding hydrogens is 476 g/mol. The van der Waals surface area contributed by atoms with E-state index in [1.165, 1.54) is 13.0 Å². The summed E-state index contributed by atoms with van der Waals surface area (Å²) >= 11 is 6.03. The van der Waals surface area contributed by atoms with E-state index in [2.05, 4.69) is 0 Å². The second-order valence-electron chi connectivity index (χ2n) is 7.58. The quantitative estimate of drug-likeness (QED) is 0.437. The first-order valence-corrected chi connectivity index (χ1v) is 12.5. The van der Waals surface area contributed by atoms with Crippen LogP contribution in [-0.4, -0.2) is 37.5 Å². The molecular formula is C25H25ClN2O5S. The number of halogens is 1. The van der Waals surface area contributed by atoms with Crippen molar-refractivity contribution in [2.24, 2.45) is 0 Å². The van der Waals surface area contributed by atoms with Crippen molar-refractivity contribution in [3.63, 3.8) is 0 Å². The average molecular weight is 501 g/mol. The predicted octanol–water partition coefficient (Wildman–Crippen LogP) is 4.48. The zero-order valence-electron chi connectivity index (χ0n) is 19.0. The van der Waals surface area contributed by atoms with Crippen molar-refractivity contribution >= 4 is 39.4 Å². The second kappa shape index (κ2) is 10.7. The third kappa shape index (κ3) is 6.15. The lowest BCUT2D eigenvalue weighted by atomic mass is 10.1. The first-order chi connectivity index (χ1) is 16.1. The van der Waals surface area contributed by atoms with Gasteiger partial charge in [0.05, 0.1) is 18.6 Å². The molecule has 2 aromatic carbocycles. The highest BCUT2D eigenvalue weighted by atomic mass is 35.5. The maximum atomic E-state index is 13.0. The molecule has 0 saturated carbocycles. The van der Waals surface area contributed by atoms with Gasteiger partial charge < -0.3 is 9.30 Å². The Kier molecular flexibility index (Phi) is 7.96. The first kappa shape index (κ1) is 25.3. The van der Waals surface area contributed by atoms with Crippen LogP contribution in [0.3, 0.4) is 0 Å². The largest absolute Gasteiger partial charge is 0.497 e. The summed E-state index contributed by atoms with van der Waals surface area (Å²) < 4.78 is 32.6. The third-order valence-corrected chi connectivity index (χ3v) is 6.60. The summed E-state index contributed by atoms with van der Waals surface area (Å²) in [4.78, 5) is 25.6. The van der Waals surface area contributed by atoms with E-state index in [9.17, 15) is 18.0 Å². The summed E-state index contributed by atoms with van der Waals surface area (Å²) in [7, 11) is -2.15. The highest BCUT2D eigenvalue weighted by molar-refractivity contribution is 7.90. The van der Waals surface area contributed by atoms with Gasteiger partial charge in [0.2, 0.25) is 15.8 Å². The number of carbonyl (C=O) groups excluding carboxylic acids is 2. The number of allylic oxidation sites excluding steroid dienone is 1. The molecule has 0 aliphatic heterocycles. The van der Waals surface area contributed by atoms with Crippen LogP contribution in [0.4, 0.5) is 0 Å². The molecule has 34 heavy (non-hydrogen) atoms. The van der Waals surface area contributed by atoms with Gasteiger partial charge in [-0.3, -0.25) is 9.59 Å². The van der Waals surface area contributed by atoms with Crippen LogP contribution in [-0.2, 0) is 16.6 Å². The van der Waals surface area contributed by atoms with E-state index in [4.69, 9.17) is 16.3 Å². The summed E-state index contributed by atoms with van der Waals surface area (Å²) in [6, 6.07) is 13.4. The molecule has 0 aliphatic rings. The fourth-order valence-electron chi connectivity index (χ4n) is 3.32. The molecule has 1 heterocycles. The number of hydrogen-bond acceptors (Lipinski definition) is 5. The summed E-state index contributed by atoms with van der Waals surface area (Å²) in [6.45, 7) is 3.71. The number of nitrogens with zero attached hydrogens (tertiary/aromatic N) is 1. The summed E-state index contributed by atoms with van der Waals surface area (Å²) in [5, 5.41) is 0.310. The van der Waals surface area contributed by atoms with Gasteiger partial charge in [-0.25, -0.2) is 13.1 Å². The Morgan fingerprint density at radius 2 is 1.82 bits per heavy atom. The minimum Gasteiger partial charge on any atom is -0.497 e. The van der Waals surface area contributed by atoms with Gasteiger partial charge in [-0.15, -0.1) is 0 Å². The van der Waals surface area contributed by atoms with Gasteiger partial charge in [0.25, 0.3) is 5.91 Å². The molecule has 0 radical (unpaired) electrons. The molecule has 9 heteroatoms. The van der Waals surface area contributed by atoms with Crippen LogP contribution < -0.4 is 9.46 Å². The van der Waals surface area contributed by atoms with Crippen LogP contribution in [0.1, 0.15) is 44.5 Å². The lowest BCUT2D eigenvalue weighted by molar-refractivity contribution is 0.0980. The highest BCUT2D eigenvalue weighted by Crippen LogP contribution is 2.20. The van der Waals surface area contributed by atoms with Crippen molar-refractivity contribution in [2.75, 3.05) is 12.9 Å². The van der Waals surface area contributed by atoms with E-state index in [-0.39, 0.29) is 17.1 Å². The number of aryl methyl sites for hydroxylation is 1. The number of aromatic nitrogens is 1. The van der Waals surface area contributed by atoms with Crippen molar-refractivity contribution in [3.8, 4) is 5.75 Å². The molecule has 0 aliphatic carbocycles. The smallest absolute Gasteiger partial charge is 0.265 e. The SMILES string of the molecule is CCS(=O)(=O)NC(=O)c1cc(Cl)ccc1/C=C/Cn1cc(C)cc1C(=O)c1ccc(OC)cc1. The monoisotopic (exact) mass is 500 g/mol. The predicted molar refractivity (Wildman–Crippen MR) is 133 cm³/mol. The molecule has 0 atom stereocenters. The number of benzene rings is 2. The average Bonchev–Trinajstić information content (AvgIpc) is 3.19. The Balaban J connectivity index is 1.84. The summed E-state index contributed by atoms with van der Waals surface area (Å²) in [6.07, 6.45) is 5.35. The minimum atomic E-state index is -3.72.